The highest BCUT2D eigenvalue weighted by Crippen LogP contribution is 2.31. The van der Waals surface area contributed by atoms with E-state index in [1.165, 1.54) is 0 Å². The number of hydrogen-bond acceptors (Lipinski definition) is 4. The van der Waals surface area contributed by atoms with Crippen molar-refractivity contribution in [1.29, 1.82) is 0 Å². The summed E-state index contributed by atoms with van der Waals surface area (Å²) >= 11 is 5.89. The third-order valence-corrected chi connectivity index (χ3v) is 5.99. The number of hydrogen-bond donors (Lipinski definition) is 2. The van der Waals surface area contributed by atoms with Gasteiger partial charge in [0.25, 0.3) is 11.8 Å². The summed E-state index contributed by atoms with van der Waals surface area (Å²) in [5.74, 6) is 0.226. The average Bonchev–Trinajstić information content (AvgIpc) is 2.78. The number of ether oxygens (including phenoxy) is 1. The van der Waals surface area contributed by atoms with Crippen molar-refractivity contribution in [2.45, 2.75) is 25.8 Å². The monoisotopic (exact) mass is 441 g/mol. The van der Waals surface area contributed by atoms with Crippen LogP contribution < -0.4 is 15.4 Å². The molecule has 0 spiro atoms. The zero-order valence-corrected chi connectivity index (χ0v) is 17.9. The molecule has 0 bridgehead atoms. The molecule has 4 rings (SSSR count). The van der Waals surface area contributed by atoms with E-state index in [4.69, 9.17) is 16.3 Å². The molecule has 0 aliphatic carbocycles. The van der Waals surface area contributed by atoms with Gasteiger partial charge in [0, 0.05) is 29.6 Å². The molecule has 1 atom stereocenters. The molecule has 2 aromatic carbocycles. The first-order valence-corrected chi connectivity index (χ1v) is 10.7. The Balaban J connectivity index is 1.32. The van der Waals surface area contributed by atoms with Gasteiger partial charge in [0.15, 0.2) is 6.61 Å². The normalized spacial score (nSPS) is 17.2. The lowest BCUT2D eigenvalue weighted by Gasteiger charge is -2.32. The molecule has 1 fully saturated rings. The zero-order valence-electron chi connectivity index (χ0n) is 17.2. The number of halogens is 1. The summed E-state index contributed by atoms with van der Waals surface area (Å²) in [4.78, 5) is 38.7. The van der Waals surface area contributed by atoms with Gasteiger partial charge >= 0.3 is 0 Å². The van der Waals surface area contributed by atoms with Crippen molar-refractivity contribution >= 4 is 35.0 Å². The molecule has 162 valence electrons. The summed E-state index contributed by atoms with van der Waals surface area (Å²) in [6.45, 7) is 2.99. The van der Waals surface area contributed by atoms with E-state index in [2.05, 4.69) is 10.6 Å². The van der Waals surface area contributed by atoms with Crippen LogP contribution in [0.1, 0.15) is 41.7 Å². The Bertz CT molecular complexity index is 1000. The Hall–Kier alpha value is -3.06. The van der Waals surface area contributed by atoms with Gasteiger partial charge in [-0.3, -0.25) is 14.4 Å². The first-order chi connectivity index (χ1) is 14.9. The summed E-state index contributed by atoms with van der Waals surface area (Å²) < 4.78 is 5.38. The van der Waals surface area contributed by atoms with Crippen LogP contribution >= 0.6 is 11.6 Å². The number of amides is 3. The fourth-order valence-corrected chi connectivity index (χ4v) is 4.03. The third kappa shape index (κ3) is 4.82. The Morgan fingerprint density at radius 3 is 2.58 bits per heavy atom. The van der Waals surface area contributed by atoms with E-state index in [-0.39, 0.29) is 36.3 Å². The van der Waals surface area contributed by atoms with Crippen molar-refractivity contribution in [2.24, 2.45) is 5.92 Å². The predicted octanol–water partition coefficient (Wildman–Crippen LogP) is 3.40. The number of likely N-dealkylation sites (tertiary alicyclic amines) is 1. The number of benzene rings is 2. The maximum atomic E-state index is 12.8. The molecule has 2 aliphatic heterocycles. The van der Waals surface area contributed by atoms with Crippen LogP contribution in [0.3, 0.4) is 0 Å². The fourth-order valence-electron chi connectivity index (χ4n) is 3.90. The number of piperidine rings is 1. The second-order valence-corrected chi connectivity index (χ2v) is 8.33. The number of rotatable bonds is 4. The van der Waals surface area contributed by atoms with E-state index in [1.807, 2.05) is 19.1 Å². The molecule has 2 heterocycles. The summed E-state index contributed by atoms with van der Waals surface area (Å²) in [5, 5.41) is 6.43. The summed E-state index contributed by atoms with van der Waals surface area (Å²) in [5.41, 5.74) is 2.10. The second-order valence-electron chi connectivity index (χ2n) is 7.90. The van der Waals surface area contributed by atoms with Crippen molar-refractivity contribution < 1.29 is 19.1 Å². The summed E-state index contributed by atoms with van der Waals surface area (Å²) in [6, 6.07) is 12.1. The second kappa shape index (κ2) is 8.98. The average molecular weight is 442 g/mol. The van der Waals surface area contributed by atoms with Gasteiger partial charge in [-0.15, -0.1) is 0 Å². The summed E-state index contributed by atoms with van der Waals surface area (Å²) in [7, 11) is 0. The predicted molar refractivity (Wildman–Crippen MR) is 117 cm³/mol. The first kappa shape index (κ1) is 21.2. The van der Waals surface area contributed by atoms with Gasteiger partial charge in [-0.25, -0.2) is 0 Å². The standard InChI is InChI=1S/C23H24ClN3O4/c1-14(17-4-7-20-19(12-17)26-21(28)13-31-20)25-22(29)15-8-10-27(11-9-15)23(30)16-2-5-18(24)6-3-16/h2-7,12,14-15H,8-11,13H2,1H3,(H,25,29)(H,26,28). The number of anilines is 1. The third-order valence-electron chi connectivity index (χ3n) is 5.74. The zero-order chi connectivity index (χ0) is 22.0. The number of nitrogens with zero attached hydrogens (tertiary/aromatic N) is 1. The van der Waals surface area contributed by atoms with Crippen LogP contribution in [-0.2, 0) is 9.59 Å². The SMILES string of the molecule is CC(NC(=O)C1CCN(C(=O)c2ccc(Cl)cc2)CC1)c1ccc2c(c1)NC(=O)CO2. The van der Waals surface area contributed by atoms with Crippen LogP contribution in [0.15, 0.2) is 42.5 Å². The van der Waals surface area contributed by atoms with Crippen LogP contribution in [0.2, 0.25) is 5.02 Å². The highest BCUT2D eigenvalue weighted by Gasteiger charge is 2.29. The highest BCUT2D eigenvalue weighted by molar-refractivity contribution is 6.30. The number of fused-ring (bicyclic) bond motifs is 1. The lowest BCUT2D eigenvalue weighted by atomic mass is 9.94. The number of carbonyl (C=O) groups is 3. The Morgan fingerprint density at radius 2 is 1.87 bits per heavy atom. The minimum atomic E-state index is -0.217. The van der Waals surface area contributed by atoms with E-state index in [1.54, 1.807) is 35.2 Å². The Labute approximate surface area is 185 Å². The smallest absolute Gasteiger partial charge is 0.262 e. The summed E-state index contributed by atoms with van der Waals surface area (Å²) in [6.07, 6.45) is 1.23. The van der Waals surface area contributed by atoms with Gasteiger partial charge in [-0.05, 0) is 61.7 Å². The van der Waals surface area contributed by atoms with Crippen molar-refractivity contribution in [3.63, 3.8) is 0 Å². The van der Waals surface area contributed by atoms with E-state index in [0.717, 1.165) is 5.56 Å². The first-order valence-electron chi connectivity index (χ1n) is 10.3. The molecule has 2 aromatic rings. The van der Waals surface area contributed by atoms with Crippen LogP contribution in [-0.4, -0.2) is 42.3 Å². The van der Waals surface area contributed by atoms with E-state index >= 15 is 0 Å². The van der Waals surface area contributed by atoms with Crippen LogP contribution in [0, 0.1) is 5.92 Å². The number of nitrogens with one attached hydrogen (secondary N) is 2. The molecule has 3 amide bonds. The minimum absolute atomic E-state index is 0.0118. The van der Waals surface area contributed by atoms with E-state index < -0.39 is 0 Å². The molecule has 31 heavy (non-hydrogen) atoms. The van der Waals surface area contributed by atoms with Crippen molar-refractivity contribution in [3.8, 4) is 5.75 Å². The fraction of sp³-hybridized carbons (Fsp3) is 0.348. The van der Waals surface area contributed by atoms with Crippen molar-refractivity contribution in [1.82, 2.24) is 10.2 Å². The van der Waals surface area contributed by atoms with Crippen molar-refractivity contribution in [2.75, 3.05) is 25.0 Å². The highest BCUT2D eigenvalue weighted by atomic mass is 35.5. The molecular weight excluding hydrogens is 418 g/mol. The molecule has 0 saturated carbocycles. The molecule has 1 saturated heterocycles. The van der Waals surface area contributed by atoms with Gasteiger partial charge in [-0.2, -0.15) is 0 Å². The van der Waals surface area contributed by atoms with E-state index in [0.29, 0.717) is 48.0 Å². The largest absolute Gasteiger partial charge is 0.482 e. The van der Waals surface area contributed by atoms with Crippen LogP contribution in [0.5, 0.6) is 5.75 Å². The Kier molecular flexibility index (Phi) is 6.13. The molecule has 0 aromatic heterocycles. The maximum Gasteiger partial charge on any atom is 0.262 e. The lowest BCUT2D eigenvalue weighted by molar-refractivity contribution is -0.127. The van der Waals surface area contributed by atoms with Gasteiger partial charge in [0.05, 0.1) is 11.7 Å². The number of carbonyl (C=O) groups excluding carboxylic acids is 3. The topological polar surface area (TPSA) is 87.7 Å². The van der Waals surface area contributed by atoms with Gasteiger partial charge < -0.3 is 20.3 Å². The van der Waals surface area contributed by atoms with Crippen molar-refractivity contribution in [3.05, 3.63) is 58.6 Å². The van der Waals surface area contributed by atoms with Crippen LogP contribution in [0.4, 0.5) is 5.69 Å². The lowest BCUT2D eigenvalue weighted by Crippen LogP contribution is -2.43. The molecule has 0 radical (unpaired) electrons. The molecule has 1 unspecified atom stereocenters. The van der Waals surface area contributed by atoms with Crippen LogP contribution in [0.25, 0.3) is 0 Å². The van der Waals surface area contributed by atoms with Gasteiger partial charge in [-0.1, -0.05) is 17.7 Å². The maximum absolute atomic E-state index is 12.8. The van der Waals surface area contributed by atoms with Gasteiger partial charge in [0.1, 0.15) is 5.75 Å². The molecule has 7 nitrogen and oxygen atoms in total. The Morgan fingerprint density at radius 1 is 1.16 bits per heavy atom. The van der Waals surface area contributed by atoms with E-state index in [9.17, 15) is 14.4 Å². The minimum Gasteiger partial charge on any atom is -0.482 e. The molecule has 8 heteroatoms. The molecule has 2 N–H and O–H groups in total. The molecular formula is C23H24ClN3O4. The molecule has 2 aliphatic rings. The quantitative estimate of drug-likeness (QED) is 0.761. The van der Waals surface area contributed by atoms with Gasteiger partial charge in [0.2, 0.25) is 5.91 Å².